The summed E-state index contributed by atoms with van der Waals surface area (Å²) in [7, 11) is 0. The monoisotopic (exact) mass is 555 g/mol. The van der Waals surface area contributed by atoms with Crippen LogP contribution in [0.4, 0.5) is 0 Å². The van der Waals surface area contributed by atoms with Gasteiger partial charge in [0.1, 0.15) is 24.0 Å². The molecule has 2 bridgehead atoms. The molecule has 7 nitrogen and oxygen atoms in total. The molecule has 222 valence electrons. The molecule has 4 unspecified atom stereocenters. The summed E-state index contributed by atoms with van der Waals surface area (Å²) in [5.41, 5.74) is 0. The smallest absolute Gasteiger partial charge is 0.329 e. The first-order valence-corrected chi connectivity index (χ1v) is 16.1. The van der Waals surface area contributed by atoms with Crippen molar-refractivity contribution in [3.05, 3.63) is 24.3 Å². The van der Waals surface area contributed by atoms with Gasteiger partial charge in [0.25, 0.3) is 5.91 Å². The Hall–Kier alpha value is -2.28. The number of rotatable bonds is 2. The summed E-state index contributed by atoms with van der Waals surface area (Å²) < 4.78 is 12.1. The van der Waals surface area contributed by atoms with E-state index in [0.717, 1.165) is 64.2 Å². The molecule has 0 spiro atoms. The highest BCUT2D eigenvalue weighted by molar-refractivity contribution is 6.38. The lowest BCUT2D eigenvalue weighted by Gasteiger charge is -2.36. The maximum absolute atomic E-state index is 13.5. The van der Waals surface area contributed by atoms with Crippen molar-refractivity contribution in [1.82, 2.24) is 4.90 Å². The van der Waals surface area contributed by atoms with Crippen molar-refractivity contribution in [3.8, 4) is 0 Å². The van der Waals surface area contributed by atoms with E-state index in [4.69, 9.17) is 9.47 Å². The molecule has 0 N–H and O–H groups in total. The molecule has 1 saturated carbocycles. The van der Waals surface area contributed by atoms with Crippen LogP contribution in [0, 0.1) is 5.92 Å². The number of carbonyl (C=O) groups is 4. The molecule has 1 amide bonds. The second-order valence-electron chi connectivity index (χ2n) is 12.2. The maximum Gasteiger partial charge on any atom is 0.329 e. The van der Waals surface area contributed by atoms with Gasteiger partial charge in [0, 0.05) is 19.4 Å². The molecule has 4 rings (SSSR count). The van der Waals surface area contributed by atoms with E-state index < -0.39 is 35.9 Å². The molecule has 1 aliphatic carbocycles. The molecular weight excluding hydrogens is 506 g/mol. The van der Waals surface area contributed by atoms with Crippen LogP contribution in [0.1, 0.15) is 122 Å². The van der Waals surface area contributed by atoms with Crippen LogP contribution in [0.15, 0.2) is 24.3 Å². The topological polar surface area (TPSA) is 90.0 Å². The maximum atomic E-state index is 13.5. The van der Waals surface area contributed by atoms with Crippen LogP contribution in [0.25, 0.3) is 0 Å². The first kappa shape index (κ1) is 30.7. The van der Waals surface area contributed by atoms with Gasteiger partial charge in [0.2, 0.25) is 5.78 Å². The van der Waals surface area contributed by atoms with Crippen LogP contribution in [0.5, 0.6) is 0 Å². The summed E-state index contributed by atoms with van der Waals surface area (Å²) in [5, 5.41) is 0. The molecule has 4 aliphatic rings. The van der Waals surface area contributed by atoms with E-state index in [-0.39, 0.29) is 11.9 Å². The van der Waals surface area contributed by atoms with Crippen LogP contribution in [-0.2, 0) is 28.7 Å². The molecule has 3 fully saturated rings. The predicted octanol–water partition coefficient (Wildman–Crippen LogP) is 6.18. The molecule has 7 heteroatoms. The average Bonchev–Trinajstić information content (AvgIpc) is 2.98. The van der Waals surface area contributed by atoms with E-state index in [1.165, 1.54) is 24.2 Å². The molecule has 0 radical (unpaired) electrons. The van der Waals surface area contributed by atoms with Crippen molar-refractivity contribution in [2.75, 3.05) is 6.54 Å². The van der Waals surface area contributed by atoms with Crippen molar-refractivity contribution in [2.24, 2.45) is 5.92 Å². The highest BCUT2D eigenvalue weighted by Gasteiger charge is 2.40. The lowest BCUT2D eigenvalue weighted by molar-refractivity contribution is -0.165. The summed E-state index contributed by atoms with van der Waals surface area (Å²) in [5.74, 6) is -0.878. The van der Waals surface area contributed by atoms with Crippen LogP contribution >= 0.6 is 0 Å². The number of cyclic esters (lactones) is 1. The minimum Gasteiger partial charge on any atom is -0.457 e. The third-order valence-corrected chi connectivity index (χ3v) is 9.01. The fourth-order valence-electron chi connectivity index (χ4n) is 6.60. The second kappa shape index (κ2) is 16.2. The molecule has 0 aromatic heterocycles. The Labute approximate surface area is 240 Å². The van der Waals surface area contributed by atoms with Crippen molar-refractivity contribution in [3.63, 3.8) is 0 Å². The quantitative estimate of drug-likeness (QED) is 0.230. The molecule has 2 saturated heterocycles. The normalized spacial score (nSPS) is 32.2. The number of piperidine rings is 1. The Balaban J connectivity index is 1.48. The van der Waals surface area contributed by atoms with Crippen molar-refractivity contribution < 1.29 is 28.7 Å². The first-order valence-electron chi connectivity index (χ1n) is 16.1. The van der Waals surface area contributed by atoms with E-state index in [1.54, 1.807) is 0 Å². The van der Waals surface area contributed by atoms with E-state index >= 15 is 0 Å². The van der Waals surface area contributed by atoms with E-state index in [1.807, 2.05) is 12.2 Å². The molecular formula is C33H49NO6. The third kappa shape index (κ3) is 9.39. The van der Waals surface area contributed by atoms with Crippen molar-refractivity contribution >= 4 is 23.4 Å². The largest absolute Gasteiger partial charge is 0.457 e. The Bertz CT molecular complexity index is 920. The summed E-state index contributed by atoms with van der Waals surface area (Å²) in [4.78, 5) is 54.1. The van der Waals surface area contributed by atoms with Gasteiger partial charge in [-0.3, -0.25) is 14.4 Å². The minimum atomic E-state index is -0.754. The number of Topliss-reactive ketones (excluding diaryl/α,β-unsaturated/α-hetero) is 2. The Morgan fingerprint density at radius 2 is 1.50 bits per heavy atom. The van der Waals surface area contributed by atoms with Crippen LogP contribution in [0.3, 0.4) is 0 Å². The number of allylic oxidation sites excluding steroid dienone is 3. The molecule has 40 heavy (non-hydrogen) atoms. The van der Waals surface area contributed by atoms with Gasteiger partial charge in [-0.05, 0) is 95.5 Å². The zero-order chi connectivity index (χ0) is 28.2. The van der Waals surface area contributed by atoms with Gasteiger partial charge < -0.3 is 14.4 Å². The predicted molar refractivity (Wildman–Crippen MR) is 154 cm³/mol. The summed E-state index contributed by atoms with van der Waals surface area (Å²) in [6.45, 7) is 0.380. The van der Waals surface area contributed by atoms with Crippen LogP contribution in [-0.4, -0.2) is 59.2 Å². The zero-order valence-corrected chi connectivity index (χ0v) is 24.2. The van der Waals surface area contributed by atoms with Gasteiger partial charge in [-0.2, -0.15) is 0 Å². The zero-order valence-electron chi connectivity index (χ0n) is 24.2. The number of nitrogens with zero attached hydrogens (tertiary/aromatic N) is 1. The van der Waals surface area contributed by atoms with Gasteiger partial charge in [-0.15, -0.1) is 0 Å². The van der Waals surface area contributed by atoms with Crippen LogP contribution < -0.4 is 0 Å². The highest BCUT2D eigenvalue weighted by Crippen LogP contribution is 2.28. The number of fused-ring (bicyclic) bond motifs is 3. The lowest BCUT2D eigenvalue weighted by Crippen LogP contribution is -2.54. The Morgan fingerprint density at radius 1 is 0.725 bits per heavy atom. The second-order valence-corrected chi connectivity index (χ2v) is 12.2. The Kier molecular flexibility index (Phi) is 12.4. The fourth-order valence-corrected chi connectivity index (χ4v) is 6.60. The van der Waals surface area contributed by atoms with Gasteiger partial charge in [0.05, 0.1) is 6.10 Å². The number of esters is 1. The van der Waals surface area contributed by atoms with Gasteiger partial charge in [-0.1, -0.05) is 43.9 Å². The minimum absolute atomic E-state index is 0.0195. The molecule has 0 aromatic rings. The number of ether oxygens (including phenoxy) is 2. The number of ketones is 2. The van der Waals surface area contributed by atoms with Crippen molar-refractivity contribution in [1.29, 1.82) is 0 Å². The Morgan fingerprint density at radius 3 is 2.35 bits per heavy atom. The first-order chi connectivity index (χ1) is 19.5. The van der Waals surface area contributed by atoms with E-state index in [0.29, 0.717) is 51.0 Å². The average molecular weight is 556 g/mol. The summed E-state index contributed by atoms with van der Waals surface area (Å²) in [6, 6.07) is -0.754. The number of hydrogen-bond acceptors (Lipinski definition) is 6. The van der Waals surface area contributed by atoms with Gasteiger partial charge >= 0.3 is 5.97 Å². The van der Waals surface area contributed by atoms with Gasteiger partial charge in [0.15, 0.2) is 0 Å². The molecule has 3 aliphatic heterocycles. The summed E-state index contributed by atoms with van der Waals surface area (Å²) in [6.07, 6.45) is 23.3. The SMILES string of the molecule is O=C1C/C=C/CCCCC2CCCC(O2)C(=O)C(=O)N2CCCCC2C(=O)OC(/C=C/C2CCCCC2)CCC1. The van der Waals surface area contributed by atoms with E-state index in [2.05, 4.69) is 12.2 Å². The third-order valence-electron chi connectivity index (χ3n) is 9.01. The van der Waals surface area contributed by atoms with Crippen LogP contribution in [0.2, 0.25) is 0 Å². The molecule has 0 aromatic carbocycles. The molecule has 3 heterocycles. The number of amides is 1. The van der Waals surface area contributed by atoms with Gasteiger partial charge in [-0.25, -0.2) is 4.79 Å². The van der Waals surface area contributed by atoms with E-state index in [9.17, 15) is 19.2 Å². The molecule has 4 atom stereocenters. The summed E-state index contributed by atoms with van der Waals surface area (Å²) >= 11 is 0. The van der Waals surface area contributed by atoms with Crippen molar-refractivity contribution in [2.45, 2.75) is 146 Å². The fraction of sp³-hybridized carbons (Fsp3) is 0.758. The number of hydrogen-bond donors (Lipinski definition) is 0. The highest BCUT2D eigenvalue weighted by atomic mass is 16.5. The lowest BCUT2D eigenvalue weighted by atomic mass is 9.88. The standard InChI is InChI=1S/C33H49NO6/c35-26-15-7-2-1-3-8-17-27-19-12-21-30(39-27)31(36)32(37)34-24-10-9-20-29(34)33(38)40-28(18-11-16-26)23-22-25-13-5-4-6-14-25/h2,7,22-23,25,27-30H,1,3-6,8-21,24H2/b7-2+,23-22+. The number of carbonyl (C=O) groups excluding carboxylic acids is 4.